The number of benzene rings is 1. The van der Waals surface area contributed by atoms with Crippen LogP contribution in [-0.2, 0) is 6.42 Å². The van der Waals surface area contributed by atoms with Crippen LogP contribution < -0.4 is 0 Å². The number of hydrogen-bond donors (Lipinski definition) is 1. The third-order valence-corrected chi connectivity index (χ3v) is 4.74. The van der Waals surface area contributed by atoms with Crippen LogP contribution in [0, 0.1) is 5.82 Å². The molecule has 1 aliphatic heterocycles. The number of hydrogen-bond acceptors (Lipinski definition) is 3. The molecule has 1 fully saturated rings. The lowest BCUT2D eigenvalue weighted by Crippen LogP contribution is -2.47. The van der Waals surface area contributed by atoms with Gasteiger partial charge in [-0.2, -0.15) is 11.8 Å². The number of aliphatic hydroxyl groups excluding tert-OH is 1. The smallest absolute Gasteiger partial charge is 0.123 e. The summed E-state index contributed by atoms with van der Waals surface area (Å²) in [6.07, 6.45) is -0.117. The highest BCUT2D eigenvalue weighted by Gasteiger charge is 2.27. The van der Waals surface area contributed by atoms with Crippen LogP contribution in [0.25, 0.3) is 0 Å². The van der Waals surface area contributed by atoms with E-state index in [2.05, 4.69) is 4.90 Å². The highest BCUT2D eigenvalue weighted by Crippen LogP contribution is 2.23. The lowest BCUT2D eigenvalue weighted by Gasteiger charge is -2.35. The fraction of sp³-hybridized carbons (Fsp3) is 0.538. The van der Waals surface area contributed by atoms with Crippen molar-refractivity contribution >= 4 is 23.4 Å². The van der Waals surface area contributed by atoms with Gasteiger partial charge in [0, 0.05) is 35.5 Å². The number of rotatable bonds is 3. The van der Waals surface area contributed by atoms with Crippen LogP contribution in [0.2, 0.25) is 5.02 Å². The van der Waals surface area contributed by atoms with E-state index in [-0.39, 0.29) is 11.9 Å². The van der Waals surface area contributed by atoms with Gasteiger partial charge in [-0.3, -0.25) is 4.90 Å². The van der Waals surface area contributed by atoms with Gasteiger partial charge in [-0.25, -0.2) is 4.39 Å². The van der Waals surface area contributed by atoms with Crippen molar-refractivity contribution in [2.24, 2.45) is 0 Å². The predicted molar refractivity (Wildman–Crippen MR) is 74.9 cm³/mol. The first kappa shape index (κ1) is 14.1. The molecule has 2 atom stereocenters. The summed E-state index contributed by atoms with van der Waals surface area (Å²) in [6.45, 7) is 0.975. The quantitative estimate of drug-likeness (QED) is 0.924. The maximum Gasteiger partial charge on any atom is 0.123 e. The van der Waals surface area contributed by atoms with E-state index in [1.807, 2.05) is 18.8 Å². The van der Waals surface area contributed by atoms with Crippen LogP contribution in [0.4, 0.5) is 4.39 Å². The van der Waals surface area contributed by atoms with E-state index >= 15 is 0 Å². The molecule has 1 aromatic rings. The minimum absolute atomic E-state index is 0.114. The van der Waals surface area contributed by atoms with Crippen molar-refractivity contribution < 1.29 is 9.50 Å². The molecule has 0 radical (unpaired) electrons. The lowest BCUT2D eigenvalue weighted by molar-refractivity contribution is 0.0763. The molecule has 100 valence electrons. The Kier molecular flexibility index (Phi) is 4.90. The van der Waals surface area contributed by atoms with E-state index in [9.17, 15) is 9.50 Å². The summed E-state index contributed by atoms with van der Waals surface area (Å²) in [6, 6.07) is 4.39. The van der Waals surface area contributed by atoms with Crippen molar-refractivity contribution in [3.63, 3.8) is 0 Å². The lowest BCUT2D eigenvalue weighted by atomic mass is 10.0. The summed E-state index contributed by atoms with van der Waals surface area (Å²) < 4.78 is 13.2. The van der Waals surface area contributed by atoms with E-state index in [1.165, 1.54) is 18.2 Å². The first-order chi connectivity index (χ1) is 8.58. The summed E-state index contributed by atoms with van der Waals surface area (Å²) in [5.74, 6) is 1.69. The molecule has 5 heteroatoms. The van der Waals surface area contributed by atoms with Crippen molar-refractivity contribution in [3.05, 3.63) is 34.6 Å². The van der Waals surface area contributed by atoms with Crippen molar-refractivity contribution in [1.29, 1.82) is 0 Å². The highest BCUT2D eigenvalue weighted by molar-refractivity contribution is 7.99. The van der Waals surface area contributed by atoms with E-state index in [0.29, 0.717) is 17.0 Å². The van der Waals surface area contributed by atoms with Gasteiger partial charge in [-0.1, -0.05) is 11.6 Å². The molecular formula is C13H17ClFNOS. The summed E-state index contributed by atoms with van der Waals surface area (Å²) in [7, 11) is 2.01. The average Bonchev–Trinajstić information content (AvgIpc) is 2.34. The number of likely N-dealkylation sites (N-methyl/N-ethyl adjacent to an activating group) is 1. The molecular weight excluding hydrogens is 273 g/mol. The van der Waals surface area contributed by atoms with Crippen LogP contribution in [-0.4, -0.2) is 47.3 Å². The van der Waals surface area contributed by atoms with Gasteiger partial charge in [0.1, 0.15) is 5.82 Å². The molecule has 0 bridgehead atoms. The molecule has 1 heterocycles. The van der Waals surface area contributed by atoms with E-state index in [4.69, 9.17) is 11.6 Å². The number of halogens is 2. The Morgan fingerprint density at radius 2 is 2.39 bits per heavy atom. The summed E-state index contributed by atoms with van der Waals surface area (Å²) >= 11 is 7.86. The molecule has 0 aromatic heterocycles. The molecule has 0 amide bonds. The van der Waals surface area contributed by atoms with Gasteiger partial charge in [0.05, 0.1) is 6.10 Å². The number of aliphatic hydroxyl groups is 1. The zero-order chi connectivity index (χ0) is 13.1. The summed E-state index contributed by atoms with van der Waals surface area (Å²) in [4.78, 5) is 2.16. The molecule has 2 nitrogen and oxygen atoms in total. The molecule has 1 saturated heterocycles. The Labute approximate surface area is 116 Å². The maximum absolute atomic E-state index is 13.2. The van der Waals surface area contributed by atoms with Gasteiger partial charge in [0.15, 0.2) is 0 Å². The number of thioether (sulfide) groups is 1. The predicted octanol–water partition coefficient (Wildman–Crippen LogP) is 2.43. The van der Waals surface area contributed by atoms with Gasteiger partial charge in [0.25, 0.3) is 0 Å². The normalized spacial score (nSPS) is 23.0. The van der Waals surface area contributed by atoms with Crippen molar-refractivity contribution in [2.75, 3.05) is 25.1 Å². The molecule has 1 N–H and O–H groups in total. The van der Waals surface area contributed by atoms with E-state index in [1.54, 1.807) is 0 Å². The van der Waals surface area contributed by atoms with E-state index in [0.717, 1.165) is 18.1 Å². The Bertz CT molecular complexity index is 418. The van der Waals surface area contributed by atoms with Crippen molar-refractivity contribution in [3.8, 4) is 0 Å². The van der Waals surface area contributed by atoms with Crippen molar-refractivity contribution in [1.82, 2.24) is 4.90 Å². The molecule has 0 spiro atoms. The van der Waals surface area contributed by atoms with Gasteiger partial charge >= 0.3 is 0 Å². The second-order valence-corrected chi connectivity index (χ2v) is 6.19. The molecule has 1 aliphatic rings. The van der Waals surface area contributed by atoms with Crippen LogP contribution in [0.5, 0.6) is 0 Å². The fourth-order valence-corrected chi connectivity index (χ4v) is 3.67. The summed E-state index contributed by atoms with van der Waals surface area (Å²) in [5, 5.41) is 10.8. The standard InChI is InChI=1S/C13H17ClFNOS/c1-16-4-5-18-8-12(16)13(17)7-9-6-10(15)2-3-11(9)14/h2-3,6,12-13,17H,4-5,7-8H2,1H3. The molecule has 2 unspecified atom stereocenters. The van der Waals surface area contributed by atoms with Crippen LogP contribution in [0.15, 0.2) is 18.2 Å². The third-order valence-electron chi connectivity index (χ3n) is 3.32. The highest BCUT2D eigenvalue weighted by atomic mass is 35.5. The molecule has 2 rings (SSSR count). The van der Waals surface area contributed by atoms with Gasteiger partial charge < -0.3 is 5.11 Å². The molecule has 18 heavy (non-hydrogen) atoms. The molecule has 0 saturated carbocycles. The maximum atomic E-state index is 13.2. The minimum atomic E-state index is -0.512. The van der Waals surface area contributed by atoms with Gasteiger partial charge in [0.2, 0.25) is 0 Å². The Morgan fingerprint density at radius 1 is 1.61 bits per heavy atom. The second kappa shape index (κ2) is 6.24. The van der Waals surface area contributed by atoms with Gasteiger partial charge in [-0.05, 0) is 30.8 Å². The molecule has 1 aromatic carbocycles. The first-order valence-corrected chi connectivity index (χ1v) is 7.51. The number of nitrogens with zero attached hydrogens (tertiary/aromatic N) is 1. The van der Waals surface area contributed by atoms with Gasteiger partial charge in [-0.15, -0.1) is 0 Å². The minimum Gasteiger partial charge on any atom is -0.391 e. The van der Waals surface area contributed by atoms with Crippen LogP contribution in [0.1, 0.15) is 5.56 Å². The second-order valence-electron chi connectivity index (χ2n) is 4.63. The van der Waals surface area contributed by atoms with Crippen LogP contribution in [0.3, 0.4) is 0 Å². The third kappa shape index (κ3) is 3.38. The summed E-state index contributed by atoms with van der Waals surface area (Å²) in [5.41, 5.74) is 0.674. The van der Waals surface area contributed by atoms with E-state index < -0.39 is 6.10 Å². The van der Waals surface area contributed by atoms with Crippen LogP contribution >= 0.6 is 23.4 Å². The Morgan fingerprint density at radius 3 is 3.11 bits per heavy atom. The molecule has 0 aliphatic carbocycles. The SMILES string of the molecule is CN1CCSCC1C(O)Cc1cc(F)ccc1Cl. The Hall–Kier alpha value is -0.290. The average molecular weight is 290 g/mol. The van der Waals surface area contributed by atoms with Crippen molar-refractivity contribution in [2.45, 2.75) is 18.6 Å². The fourth-order valence-electron chi connectivity index (χ4n) is 2.17. The zero-order valence-electron chi connectivity index (χ0n) is 10.3. The Balaban J connectivity index is 2.05. The topological polar surface area (TPSA) is 23.5 Å². The zero-order valence-corrected chi connectivity index (χ0v) is 11.8. The monoisotopic (exact) mass is 289 g/mol. The first-order valence-electron chi connectivity index (χ1n) is 5.98. The largest absolute Gasteiger partial charge is 0.391 e.